The molecule has 3 aromatic carbocycles. The second kappa shape index (κ2) is 13.6. The normalized spacial score (nSPS) is 12.9. The second-order valence-corrected chi connectivity index (χ2v) is 9.83. The van der Waals surface area contributed by atoms with Gasteiger partial charge >= 0.3 is 0 Å². The van der Waals surface area contributed by atoms with Crippen molar-refractivity contribution in [2.75, 3.05) is 18.9 Å². The number of nitrogens with two attached hydrogens (primary N) is 1. The molecule has 0 saturated heterocycles. The first-order valence-electron chi connectivity index (χ1n) is 13.8. The Kier molecular flexibility index (Phi) is 9.73. The molecule has 3 aromatic rings. The number of aliphatic hydroxyl groups excluding tert-OH is 1. The van der Waals surface area contributed by atoms with Crippen LogP contribution in [0.5, 0.6) is 17.2 Å². The number of phenols is 1. The highest BCUT2D eigenvalue weighted by Gasteiger charge is 2.35. The smallest absolute Gasteiger partial charge is 0.251 e. The van der Waals surface area contributed by atoms with Crippen LogP contribution >= 0.6 is 0 Å². The summed E-state index contributed by atoms with van der Waals surface area (Å²) in [4.78, 5) is 38.9. The highest BCUT2D eigenvalue weighted by atomic mass is 16.5. The average Bonchev–Trinajstić information content (AvgIpc) is 3.00. The second-order valence-electron chi connectivity index (χ2n) is 9.83. The molecule has 1 amide bonds. The van der Waals surface area contributed by atoms with E-state index in [2.05, 4.69) is 11.9 Å². The number of benzene rings is 3. The van der Waals surface area contributed by atoms with E-state index < -0.39 is 11.6 Å². The van der Waals surface area contributed by atoms with E-state index >= 15 is 0 Å². The molecule has 4 rings (SSSR count). The van der Waals surface area contributed by atoms with Crippen molar-refractivity contribution < 1.29 is 29.3 Å². The zero-order valence-electron chi connectivity index (χ0n) is 23.5. The van der Waals surface area contributed by atoms with Crippen LogP contribution in [0.2, 0.25) is 0 Å². The zero-order valence-corrected chi connectivity index (χ0v) is 23.5. The first-order valence-corrected chi connectivity index (χ1v) is 13.8. The summed E-state index contributed by atoms with van der Waals surface area (Å²) in [6.45, 7) is 6.37. The van der Waals surface area contributed by atoms with E-state index in [-0.39, 0.29) is 52.0 Å². The van der Waals surface area contributed by atoms with Gasteiger partial charge in [-0.25, -0.2) is 0 Å². The van der Waals surface area contributed by atoms with Crippen molar-refractivity contribution in [3.05, 3.63) is 113 Å². The number of phenolic OH excluding ortho intramolecular Hbond substituents is 1. The van der Waals surface area contributed by atoms with Crippen molar-refractivity contribution >= 4 is 28.7 Å². The Morgan fingerprint density at radius 2 is 1.62 bits per heavy atom. The minimum atomic E-state index is -0.474. The van der Waals surface area contributed by atoms with Gasteiger partial charge < -0.3 is 26.0 Å². The van der Waals surface area contributed by atoms with Crippen molar-refractivity contribution in [3.8, 4) is 17.2 Å². The van der Waals surface area contributed by atoms with Crippen molar-refractivity contribution in [3.63, 3.8) is 0 Å². The maximum Gasteiger partial charge on any atom is 0.251 e. The summed E-state index contributed by atoms with van der Waals surface area (Å²) in [5.41, 5.74) is 8.55. The number of carbonyl (C=O) groups excluding carboxylic acids is 3. The fraction of sp³-hybridized carbons (Fsp3) is 0.206. The molecular formula is C34H34N2O6. The summed E-state index contributed by atoms with van der Waals surface area (Å²) in [6, 6.07) is 14.7. The number of unbranched alkanes of at least 4 members (excludes halogenated alkanes) is 3. The van der Waals surface area contributed by atoms with Gasteiger partial charge in [0.25, 0.3) is 5.91 Å². The molecule has 1 aliphatic rings. The van der Waals surface area contributed by atoms with Gasteiger partial charge in [0, 0.05) is 35.9 Å². The van der Waals surface area contributed by atoms with E-state index in [0.29, 0.717) is 17.9 Å². The Morgan fingerprint density at radius 3 is 2.24 bits per heavy atom. The van der Waals surface area contributed by atoms with Crippen LogP contribution in [0.3, 0.4) is 0 Å². The number of carbonyl (C=O) groups is 3. The van der Waals surface area contributed by atoms with E-state index in [1.165, 1.54) is 12.1 Å². The third-order valence-corrected chi connectivity index (χ3v) is 7.07. The molecule has 1 aliphatic carbocycles. The van der Waals surface area contributed by atoms with E-state index in [0.717, 1.165) is 36.8 Å². The lowest BCUT2D eigenvalue weighted by Gasteiger charge is -2.21. The number of hydrogen-bond acceptors (Lipinski definition) is 7. The summed E-state index contributed by atoms with van der Waals surface area (Å²) in [5.74, 6) is -1.10. The van der Waals surface area contributed by atoms with Crippen LogP contribution in [0.15, 0.2) is 85.0 Å². The van der Waals surface area contributed by atoms with Crippen LogP contribution < -0.4 is 15.8 Å². The number of ether oxygens (including phenoxy) is 1. The number of fused-ring (bicyclic) bond motifs is 2. The third-order valence-electron chi connectivity index (χ3n) is 7.07. The monoisotopic (exact) mass is 566 g/mol. The van der Waals surface area contributed by atoms with Gasteiger partial charge in [0.05, 0.1) is 16.8 Å². The Labute approximate surface area is 244 Å². The molecule has 0 aliphatic heterocycles. The van der Waals surface area contributed by atoms with Crippen LogP contribution in [-0.2, 0) is 4.79 Å². The van der Waals surface area contributed by atoms with E-state index in [4.69, 9.17) is 15.6 Å². The third kappa shape index (κ3) is 6.34. The molecule has 0 unspecified atom stereocenters. The molecule has 0 aromatic heterocycles. The molecule has 0 bridgehead atoms. The van der Waals surface area contributed by atoms with Crippen molar-refractivity contribution in [1.82, 2.24) is 5.32 Å². The van der Waals surface area contributed by atoms with Gasteiger partial charge in [-0.1, -0.05) is 68.0 Å². The number of anilines is 1. The maximum atomic E-state index is 13.2. The van der Waals surface area contributed by atoms with E-state index in [1.807, 2.05) is 13.0 Å². The highest BCUT2D eigenvalue weighted by molar-refractivity contribution is 6.31. The Morgan fingerprint density at radius 1 is 0.976 bits per heavy atom. The summed E-state index contributed by atoms with van der Waals surface area (Å²) < 4.78 is 5.94. The van der Waals surface area contributed by atoms with E-state index in [9.17, 15) is 19.5 Å². The number of nitrogen functional groups attached to an aromatic ring is 1. The number of rotatable bonds is 12. The van der Waals surface area contributed by atoms with Crippen LogP contribution in [-0.4, -0.2) is 40.8 Å². The lowest BCUT2D eigenvalue weighted by molar-refractivity contribution is -0.117. The van der Waals surface area contributed by atoms with Crippen molar-refractivity contribution in [2.24, 2.45) is 0 Å². The van der Waals surface area contributed by atoms with Gasteiger partial charge in [-0.2, -0.15) is 0 Å². The number of aromatic hydroxyl groups is 1. The highest BCUT2D eigenvalue weighted by Crippen LogP contribution is 2.42. The van der Waals surface area contributed by atoms with Gasteiger partial charge in [0.2, 0.25) is 0 Å². The number of amides is 1. The molecule has 0 spiro atoms. The lowest BCUT2D eigenvalue weighted by Crippen LogP contribution is -2.25. The van der Waals surface area contributed by atoms with Gasteiger partial charge in [-0.3, -0.25) is 14.4 Å². The first-order chi connectivity index (χ1) is 20.3. The first kappa shape index (κ1) is 30.0. The van der Waals surface area contributed by atoms with Gasteiger partial charge in [0.1, 0.15) is 11.5 Å². The van der Waals surface area contributed by atoms with Crippen LogP contribution in [0, 0.1) is 0 Å². The topological polar surface area (TPSA) is 139 Å². The van der Waals surface area contributed by atoms with Gasteiger partial charge in [-0.05, 0) is 49.1 Å². The predicted molar refractivity (Wildman–Crippen MR) is 163 cm³/mol. The fourth-order valence-electron chi connectivity index (χ4n) is 4.81. The lowest BCUT2D eigenvalue weighted by atomic mass is 9.82. The molecule has 0 atom stereocenters. The molecule has 0 heterocycles. The number of aliphatic hydroxyl groups is 1. The van der Waals surface area contributed by atoms with Crippen LogP contribution in [0.4, 0.5) is 5.69 Å². The largest absolute Gasteiger partial charge is 0.507 e. The minimum Gasteiger partial charge on any atom is -0.507 e. The number of nitrogens with one attached hydrogen (secondary N) is 1. The average molecular weight is 567 g/mol. The maximum absolute atomic E-state index is 13.2. The molecule has 0 fully saturated rings. The van der Waals surface area contributed by atoms with Crippen molar-refractivity contribution in [2.45, 2.75) is 32.6 Å². The number of allylic oxidation sites excluding steroid dienone is 3. The Bertz CT molecular complexity index is 1580. The number of hydrogen-bond donors (Lipinski definition) is 4. The molecule has 42 heavy (non-hydrogen) atoms. The van der Waals surface area contributed by atoms with E-state index in [1.54, 1.807) is 54.6 Å². The summed E-state index contributed by atoms with van der Waals surface area (Å²) in [5, 5.41) is 22.5. The fourth-order valence-corrected chi connectivity index (χ4v) is 4.81. The Balaban J connectivity index is 1.50. The molecule has 216 valence electrons. The molecule has 0 radical (unpaired) electrons. The van der Waals surface area contributed by atoms with Crippen LogP contribution in [0.25, 0.3) is 5.57 Å². The van der Waals surface area contributed by atoms with Crippen LogP contribution in [0.1, 0.15) is 70.0 Å². The molecule has 5 N–H and O–H groups in total. The number of ketones is 2. The van der Waals surface area contributed by atoms with Crippen molar-refractivity contribution in [1.29, 1.82) is 0 Å². The summed E-state index contributed by atoms with van der Waals surface area (Å²) >= 11 is 0. The van der Waals surface area contributed by atoms with Gasteiger partial charge in [-0.15, -0.1) is 0 Å². The standard InChI is InChI=1S/C34H34N2O6/c1-3-21(19-22(4-2)34(41)36-17-9-5-6-10-18-37)23-13-15-24(16-14-23)42-28-20-27(38)29-30(31(28)35)33(40)26-12-8-7-11-25(26)32(29)39/h3-4,7-8,11-16,19-20,37-38H,2,5-6,9-10,17-18,35H2,1H3,(H,36,41)/b21-3+,22-19+. The van der Waals surface area contributed by atoms with Gasteiger partial charge in [0.15, 0.2) is 17.3 Å². The zero-order chi connectivity index (χ0) is 30.2. The molecule has 0 saturated carbocycles. The predicted octanol–water partition coefficient (Wildman–Crippen LogP) is 5.73. The quantitative estimate of drug-likeness (QED) is 0.0565. The minimum absolute atomic E-state index is 0.0353. The molecule has 8 nitrogen and oxygen atoms in total. The molecule has 8 heteroatoms. The molecular weight excluding hydrogens is 532 g/mol. The summed E-state index contributed by atoms with van der Waals surface area (Å²) in [7, 11) is 0. The SMILES string of the molecule is C=C/C(=C\C(=C/C)c1ccc(Oc2cc(O)c3c(c2N)C(=O)c2ccccc2C3=O)cc1)C(=O)NCCCCCCO. The summed E-state index contributed by atoms with van der Waals surface area (Å²) in [6.07, 6.45) is 8.59. The Hall–Kier alpha value is -4.95.